The molecule has 0 aliphatic heterocycles. The Morgan fingerprint density at radius 2 is 2.20 bits per heavy atom. The number of carbonyl (C=O) groups excluding carboxylic acids is 1. The second kappa shape index (κ2) is 6.97. The summed E-state index contributed by atoms with van der Waals surface area (Å²) >= 11 is 0. The van der Waals surface area contributed by atoms with Gasteiger partial charge in [0.05, 0.1) is 6.61 Å². The van der Waals surface area contributed by atoms with Gasteiger partial charge in [-0.3, -0.25) is 9.36 Å². The third-order valence-electron chi connectivity index (χ3n) is 1.09. The van der Waals surface area contributed by atoms with Crippen LogP contribution in [0.4, 0.5) is 0 Å². The molecule has 0 saturated heterocycles. The van der Waals surface area contributed by atoms with Crippen molar-refractivity contribution in [3.63, 3.8) is 0 Å². The Balaban J connectivity index is 3.03. The highest BCUT2D eigenvalue weighted by atomic mass is 31.1. The first-order valence-corrected chi connectivity index (χ1v) is 4.82. The normalized spacial score (nSPS) is 12.9. The summed E-state index contributed by atoms with van der Waals surface area (Å²) in [5.74, 6) is 0. The van der Waals surface area contributed by atoms with Crippen LogP contribution in [0, 0.1) is 0 Å². The fraction of sp³-hybridized carbons (Fsp3) is 0.833. The van der Waals surface area contributed by atoms with Gasteiger partial charge >= 0.3 is 0 Å². The number of hydrogen-bond donors (Lipinski definition) is 0. The predicted octanol–water partition coefficient (Wildman–Crippen LogP) is 1.86. The number of hydrogen-bond acceptors (Lipinski definition) is 3. The Morgan fingerprint density at radius 3 is 2.70 bits per heavy atom. The van der Waals surface area contributed by atoms with Crippen LogP contribution in [-0.2, 0) is 13.9 Å². The van der Waals surface area contributed by atoms with E-state index in [4.69, 9.17) is 0 Å². The molecule has 1 unspecified atom stereocenters. The molecule has 1 atom stereocenters. The van der Waals surface area contributed by atoms with E-state index in [1.165, 1.54) is 0 Å². The topological polar surface area (TPSA) is 43.4 Å². The molecule has 0 heterocycles. The Morgan fingerprint density at radius 1 is 1.50 bits per heavy atom. The van der Waals surface area contributed by atoms with E-state index in [2.05, 4.69) is 11.4 Å². The van der Waals surface area contributed by atoms with E-state index in [-0.39, 0.29) is 0 Å². The van der Waals surface area contributed by atoms with Crippen LogP contribution in [0.15, 0.2) is 0 Å². The summed E-state index contributed by atoms with van der Waals surface area (Å²) in [6, 6.07) is 0.372. The van der Waals surface area contributed by atoms with Crippen molar-refractivity contribution in [3.05, 3.63) is 0 Å². The maximum Gasteiger partial charge on any atom is 0.252 e. The van der Waals surface area contributed by atoms with Crippen LogP contribution in [0.1, 0.15) is 26.2 Å². The number of rotatable bonds is 6. The predicted molar refractivity (Wildman–Crippen MR) is 41.2 cm³/mol. The first kappa shape index (κ1) is 9.86. The molecule has 0 aromatic carbocycles. The molecule has 0 aromatic rings. The van der Waals surface area contributed by atoms with E-state index < -0.39 is 8.03 Å². The van der Waals surface area contributed by atoms with E-state index in [1.54, 1.807) is 0 Å². The SMILES string of the molecule is CCCCCO[PH](=O)C=O. The van der Waals surface area contributed by atoms with Crippen LogP contribution >= 0.6 is 8.03 Å². The van der Waals surface area contributed by atoms with Crippen molar-refractivity contribution in [2.24, 2.45) is 0 Å². The monoisotopic (exact) mass is 164 g/mol. The number of unbranched alkanes of at least 4 members (excludes halogenated alkanes) is 2. The fourth-order valence-electron chi connectivity index (χ4n) is 0.559. The van der Waals surface area contributed by atoms with Crippen molar-refractivity contribution in [2.75, 3.05) is 6.61 Å². The molecule has 0 aromatic heterocycles. The molecule has 10 heavy (non-hydrogen) atoms. The van der Waals surface area contributed by atoms with Crippen LogP contribution < -0.4 is 0 Å². The third kappa shape index (κ3) is 5.99. The minimum Gasteiger partial charge on any atom is -0.326 e. The van der Waals surface area contributed by atoms with Crippen molar-refractivity contribution in [1.29, 1.82) is 0 Å². The molecule has 0 radical (unpaired) electrons. The lowest BCUT2D eigenvalue weighted by atomic mass is 10.3. The van der Waals surface area contributed by atoms with Crippen LogP contribution in [0.25, 0.3) is 0 Å². The molecule has 0 N–H and O–H groups in total. The molecule has 0 amide bonds. The highest BCUT2D eigenvalue weighted by Gasteiger charge is 1.93. The van der Waals surface area contributed by atoms with Gasteiger partial charge in [0.1, 0.15) is 0 Å². The van der Waals surface area contributed by atoms with Gasteiger partial charge in [-0.15, -0.1) is 0 Å². The minimum absolute atomic E-state index is 0.372. The van der Waals surface area contributed by atoms with Crippen molar-refractivity contribution in [3.8, 4) is 0 Å². The fourth-order valence-corrected chi connectivity index (χ4v) is 0.972. The van der Waals surface area contributed by atoms with Gasteiger partial charge in [0, 0.05) is 0 Å². The molecule has 0 spiro atoms. The Kier molecular flexibility index (Phi) is 6.88. The molecule has 60 valence electrons. The molecule has 0 rings (SSSR count). The largest absolute Gasteiger partial charge is 0.326 e. The van der Waals surface area contributed by atoms with Gasteiger partial charge in [-0.2, -0.15) is 0 Å². The maximum absolute atomic E-state index is 10.4. The maximum atomic E-state index is 10.4. The quantitative estimate of drug-likeness (QED) is 0.342. The van der Waals surface area contributed by atoms with E-state index in [0.717, 1.165) is 19.3 Å². The molecule has 0 aliphatic rings. The average molecular weight is 164 g/mol. The van der Waals surface area contributed by atoms with Gasteiger partial charge < -0.3 is 4.52 Å². The van der Waals surface area contributed by atoms with Crippen molar-refractivity contribution in [2.45, 2.75) is 26.2 Å². The molecule has 0 fully saturated rings. The van der Waals surface area contributed by atoms with E-state index >= 15 is 0 Å². The zero-order valence-corrected chi connectivity index (χ0v) is 7.13. The second-order valence-corrected chi connectivity index (χ2v) is 3.15. The lowest BCUT2D eigenvalue weighted by Gasteiger charge is -1.96. The molecule has 0 saturated carbocycles. The first-order valence-electron chi connectivity index (χ1n) is 3.43. The van der Waals surface area contributed by atoms with Crippen LogP contribution in [0.3, 0.4) is 0 Å². The van der Waals surface area contributed by atoms with Crippen LogP contribution in [-0.4, -0.2) is 12.6 Å². The lowest BCUT2D eigenvalue weighted by molar-refractivity contribution is 0.323. The molecular weight excluding hydrogens is 151 g/mol. The molecular formula is C6H13O3P. The van der Waals surface area contributed by atoms with Gasteiger partial charge in [0.2, 0.25) is 6.03 Å². The highest BCUT2D eigenvalue weighted by molar-refractivity contribution is 7.56. The summed E-state index contributed by atoms with van der Waals surface area (Å²) in [6.45, 7) is 2.52. The third-order valence-corrected chi connectivity index (χ3v) is 1.77. The Bertz CT molecular complexity index is 114. The summed E-state index contributed by atoms with van der Waals surface area (Å²) < 4.78 is 15.0. The zero-order chi connectivity index (χ0) is 7.82. The summed E-state index contributed by atoms with van der Waals surface area (Å²) in [5.41, 5.74) is 0. The molecule has 3 nitrogen and oxygen atoms in total. The molecule has 0 bridgehead atoms. The van der Waals surface area contributed by atoms with Gasteiger partial charge in [-0.25, -0.2) is 0 Å². The smallest absolute Gasteiger partial charge is 0.252 e. The van der Waals surface area contributed by atoms with Gasteiger partial charge in [-0.05, 0) is 6.42 Å². The van der Waals surface area contributed by atoms with E-state index in [9.17, 15) is 9.36 Å². The van der Waals surface area contributed by atoms with Crippen LogP contribution in [0.5, 0.6) is 0 Å². The van der Waals surface area contributed by atoms with E-state index in [0.29, 0.717) is 12.6 Å². The summed E-state index contributed by atoms with van der Waals surface area (Å²) in [7, 11) is -2.34. The standard InChI is InChI=1S/C6H13O3P/c1-2-3-4-5-9-10(8)6-7/h6,10H,2-5H2,1H3. The highest BCUT2D eigenvalue weighted by Crippen LogP contribution is 2.16. The van der Waals surface area contributed by atoms with Crippen molar-refractivity contribution in [1.82, 2.24) is 0 Å². The molecule has 0 aliphatic carbocycles. The second-order valence-electron chi connectivity index (χ2n) is 1.99. The van der Waals surface area contributed by atoms with Crippen molar-refractivity contribution < 1.29 is 13.9 Å². The van der Waals surface area contributed by atoms with E-state index in [1.807, 2.05) is 0 Å². The summed E-state index contributed by atoms with van der Waals surface area (Å²) in [5, 5.41) is 0. The Hall–Kier alpha value is -0.140. The zero-order valence-electron chi connectivity index (χ0n) is 6.13. The summed E-state index contributed by atoms with van der Waals surface area (Å²) in [6.07, 6.45) is 3.06. The number of carbonyl (C=O) groups is 1. The van der Waals surface area contributed by atoms with Gasteiger partial charge in [-0.1, -0.05) is 19.8 Å². The Labute approximate surface area is 61.6 Å². The minimum atomic E-state index is -2.34. The first-order chi connectivity index (χ1) is 4.81. The lowest BCUT2D eigenvalue weighted by Crippen LogP contribution is -1.85. The van der Waals surface area contributed by atoms with Gasteiger partial charge in [0.15, 0.2) is 0 Å². The average Bonchev–Trinajstić information content (AvgIpc) is 1.98. The summed E-state index contributed by atoms with van der Waals surface area (Å²) in [4.78, 5) is 9.78. The molecule has 4 heteroatoms. The van der Waals surface area contributed by atoms with Crippen molar-refractivity contribution >= 4 is 14.1 Å². The van der Waals surface area contributed by atoms with Crippen LogP contribution in [0.2, 0.25) is 0 Å². The van der Waals surface area contributed by atoms with Gasteiger partial charge in [0.25, 0.3) is 8.03 Å².